The number of hydrogen-bond donors (Lipinski definition) is 2. The molecule has 2 rings (SSSR count). The molecule has 0 bridgehead atoms. The molecule has 1 saturated heterocycles. The van der Waals surface area contributed by atoms with Crippen LogP contribution < -0.4 is 10.5 Å². The van der Waals surface area contributed by atoms with Gasteiger partial charge >= 0.3 is 0 Å². The summed E-state index contributed by atoms with van der Waals surface area (Å²) < 4.78 is 5.81. The van der Waals surface area contributed by atoms with E-state index < -0.39 is 0 Å². The first-order valence-corrected chi connectivity index (χ1v) is 7.57. The molecule has 3 N–H and O–H groups in total. The van der Waals surface area contributed by atoms with E-state index >= 15 is 0 Å². The average Bonchev–Trinajstić information content (AvgIpc) is 2.78. The maximum Gasteiger partial charge on any atom is 0.119 e. The van der Waals surface area contributed by atoms with Gasteiger partial charge in [-0.15, -0.1) is 0 Å². The number of hydrogen-bond acceptors (Lipinski definition) is 5. The summed E-state index contributed by atoms with van der Waals surface area (Å²) in [6, 6.07) is 8.31. The van der Waals surface area contributed by atoms with Crippen LogP contribution in [0.2, 0.25) is 0 Å². The predicted octanol–water partition coefficient (Wildman–Crippen LogP) is 0.521. The number of likely N-dealkylation sites (tertiary alicyclic amines) is 1. The highest BCUT2D eigenvalue weighted by Gasteiger charge is 2.30. The second kappa shape index (κ2) is 7.75. The third-order valence-corrected chi connectivity index (χ3v) is 3.86. The minimum atomic E-state index is -0.212. The number of aliphatic hydroxyl groups excluding tert-OH is 1. The lowest BCUT2D eigenvalue weighted by atomic mass is 10.2. The lowest BCUT2D eigenvalue weighted by molar-refractivity contribution is 0.155. The molecule has 1 aliphatic heterocycles. The summed E-state index contributed by atoms with van der Waals surface area (Å²) in [5, 5.41) is 9.85. The highest BCUT2D eigenvalue weighted by Crippen LogP contribution is 2.18. The monoisotopic (exact) mass is 293 g/mol. The van der Waals surface area contributed by atoms with Crippen molar-refractivity contribution in [1.82, 2.24) is 9.80 Å². The summed E-state index contributed by atoms with van der Waals surface area (Å²) >= 11 is 0. The van der Waals surface area contributed by atoms with Crippen LogP contribution >= 0.6 is 0 Å². The quantitative estimate of drug-likeness (QED) is 0.767. The minimum Gasteiger partial charge on any atom is -0.492 e. The highest BCUT2D eigenvalue weighted by atomic mass is 16.5. The molecule has 1 heterocycles. The Bertz CT molecular complexity index is 439. The van der Waals surface area contributed by atoms with Crippen LogP contribution in [0.5, 0.6) is 5.75 Å². The van der Waals surface area contributed by atoms with Gasteiger partial charge in [0.25, 0.3) is 0 Å². The van der Waals surface area contributed by atoms with Crippen molar-refractivity contribution in [2.75, 3.05) is 40.3 Å². The van der Waals surface area contributed by atoms with Crippen LogP contribution in [0.3, 0.4) is 0 Å². The first-order chi connectivity index (χ1) is 10.1. The van der Waals surface area contributed by atoms with E-state index in [2.05, 4.69) is 23.9 Å². The summed E-state index contributed by atoms with van der Waals surface area (Å²) in [7, 11) is 4.13. The fourth-order valence-electron chi connectivity index (χ4n) is 2.89. The Balaban J connectivity index is 1.81. The van der Waals surface area contributed by atoms with E-state index in [-0.39, 0.29) is 6.10 Å². The molecule has 0 saturated carbocycles. The van der Waals surface area contributed by atoms with Gasteiger partial charge in [-0.1, -0.05) is 12.1 Å². The maximum absolute atomic E-state index is 9.85. The van der Waals surface area contributed by atoms with Crippen molar-refractivity contribution < 1.29 is 9.84 Å². The number of nitrogens with zero attached hydrogens (tertiary/aromatic N) is 2. The second-order valence-corrected chi connectivity index (χ2v) is 6.00. The third kappa shape index (κ3) is 4.97. The average molecular weight is 293 g/mol. The van der Waals surface area contributed by atoms with Gasteiger partial charge in [0.05, 0.1) is 6.10 Å². The van der Waals surface area contributed by atoms with E-state index in [0.29, 0.717) is 19.2 Å². The third-order valence-electron chi connectivity index (χ3n) is 3.86. The Kier molecular flexibility index (Phi) is 5.99. The summed E-state index contributed by atoms with van der Waals surface area (Å²) in [6.07, 6.45) is 0.636. The van der Waals surface area contributed by atoms with Crippen molar-refractivity contribution in [3.8, 4) is 5.75 Å². The molecule has 5 nitrogen and oxygen atoms in total. The molecule has 118 valence electrons. The number of benzene rings is 1. The van der Waals surface area contributed by atoms with Gasteiger partial charge in [-0.3, -0.25) is 4.90 Å². The molecule has 1 fully saturated rings. The van der Waals surface area contributed by atoms with Gasteiger partial charge in [-0.25, -0.2) is 0 Å². The Labute approximate surface area is 127 Å². The molecule has 0 amide bonds. The number of nitrogens with two attached hydrogens (primary N) is 1. The normalized spacial score (nSPS) is 22.9. The van der Waals surface area contributed by atoms with E-state index in [0.717, 1.165) is 37.4 Å². The van der Waals surface area contributed by atoms with Crippen LogP contribution in [-0.4, -0.2) is 67.4 Å². The number of aliphatic hydroxyl groups is 1. The van der Waals surface area contributed by atoms with Crippen LogP contribution in [0.25, 0.3) is 0 Å². The van der Waals surface area contributed by atoms with E-state index in [1.807, 2.05) is 24.3 Å². The Hall–Kier alpha value is -1.14. The Morgan fingerprint density at radius 3 is 2.95 bits per heavy atom. The summed E-state index contributed by atoms with van der Waals surface area (Å²) in [5.74, 6) is 0.863. The van der Waals surface area contributed by atoms with Crippen LogP contribution in [-0.2, 0) is 6.54 Å². The fourth-order valence-corrected chi connectivity index (χ4v) is 2.89. The van der Waals surface area contributed by atoms with Gasteiger partial charge in [0, 0.05) is 32.2 Å². The first kappa shape index (κ1) is 16.2. The SMILES string of the molecule is CN(C)CC1CC(O)CN1CCOc1cccc(CN)c1. The van der Waals surface area contributed by atoms with Gasteiger partial charge in [-0.2, -0.15) is 0 Å². The molecular weight excluding hydrogens is 266 g/mol. The zero-order valence-corrected chi connectivity index (χ0v) is 13.0. The van der Waals surface area contributed by atoms with Crippen molar-refractivity contribution in [3.05, 3.63) is 29.8 Å². The molecule has 1 aliphatic rings. The van der Waals surface area contributed by atoms with E-state index in [4.69, 9.17) is 10.5 Å². The summed E-state index contributed by atoms with van der Waals surface area (Å²) in [5.41, 5.74) is 6.71. The van der Waals surface area contributed by atoms with Crippen molar-refractivity contribution in [3.63, 3.8) is 0 Å². The van der Waals surface area contributed by atoms with E-state index in [9.17, 15) is 5.11 Å². The number of rotatable bonds is 7. The molecule has 0 aliphatic carbocycles. The van der Waals surface area contributed by atoms with Gasteiger partial charge in [0.2, 0.25) is 0 Å². The molecule has 1 aromatic carbocycles. The minimum absolute atomic E-state index is 0.212. The predicted molar refractivity (Wildman–Crippen MR) is 84.4 cm³/mol. The Morgan fingerprint density at radius 1 is 1.43 bits per heavy atom. The standard InChI is InChI=1S/C16H27N3O2/c1-18(2)11-14-9-15(20)12-19(14)6-7-21-16-5-3-4-13(8-16)10-17/h3-5,8,14-15,20H,6-7,9-12,17H2,1-2H3. The smallest absolute Gasteiger partial charge is 0.119 e. The van der Waals surface area contributed by atoms with E-state index in [1.54, 1.807) is 0 Å². The van der Waals surface area contributed by atoms with Crippen LogP contribution in [0, 0.1) is 0 Å². The lowest BCUT2D eigenvalue weighted by Gasteiger charge is -2.26. The summed E-state index contributed by atoms with van der Waals surface area (Å²) in [6.45, 7) is 3.71. The first-order valence-electron chi connectivity index (χ1n) is 7.57. The number of ether oxygens (including phenoxy) is 1. The van der Waals surface area contributed by atoms with Crippen LogP contribution in [0.15, 0.2) is 24.3 Å². The summed E-state index contributed by atoms with van der Waals surface area (Å²) in [4.78, 5) is 4.48. The fraction of sp³-hybridized carbons (Fsp3) is 0.625. The van der Waals surface area contributed by atoms with Crippen molar-refractivity contribution >= 4 is 0 Å². The number of β-amino-alcohol motifs (C(OH)–C–C–N with tert-alkyl or cyclic N) is 1. The van der Waals surface area contributed by atoms with Gasteiger partial charge in [-0.05, 0) is 38.2 Å². The molecule has 0 spiro atoms. The highest BCUT2D eigenvalue weighted by molar-refractivity contribution is 5.28. The van der Waals surface area contributed by atoms with Crippen molar-refractivity contribution in [2.45, 2.75) is 25.1 Å². The van der Waals surface area contributed by atoms with Gasteiger partial charge in [0.1, 0.15) is 12.4 Å². The topological polar surface area (TPSA) is 62.0 Å². The lowest BCUT2D eigenvalue weighted by Crippen LogP contribution is -2.39. The molecular formula is C16H27N3O2. The van der Waals surface area contributed by atoms with Gasteiger partial charge in [0.15, 0.2) is 0 Å². The molecule has 0 radical (unpaired) electrons. The molecule has 5 heteroatoms. The largest absolute Gasteiger partial charge is 0.492 e. The second-order valence-electron chi connectivity index (χ2n) is 6.00. The van der Waals surface area contributed by atoms with Crippen LogP contribution in [0.4, 0.5) is 0 Å². The zero-order valence-electron chi connectivity index (χ0n) is 13.0. The number of likely N-dealkylation sites (N-methyl/N-ethyl adjacent to an activating group) is 1. The maximum atomic E-state index is 9.85. The van der Waals surface area contributed by atoms with Crippen molar-refractivity contribution in [2.24, 2.45) is 5.73 Å². The van der Waals surface area contributed by atoms with E-state index in [1.165, 1.54) is 0 Å². The molecule has 0 aromatic heterocycles. The molecule has 2 atom stereocenters. The van der Waals surface area contributed by atoms with Gasteiger partial charge < -0.3 is 20.5 Å². The van der Waals surface area contributed by atoms with Crippen LogP contribution in [0.1, 0.15) is 12.0 Å². The molecule has 21 heavy (non-hydrogen) atoms. The van der Waals surface area contributed by atoms with Crippen molar-refractivity contribution in [1.29, 1.82) is 0 Å². The zero-order chi connectivity index (χ0) is 15.2. The Morgan fingerprint density at radius 2 is 2.24 bits per heavy atom. The molecule has 1 aromatic rings. The molecule has 2 unspecified atom stereocenters.